The molecule has 4 rings (SSSR count). The van der Waals surface area contributed by atoms with Gasteiger partial charge in [0.1, 0.15) is 18.8 Å². The molecule has 0 aliphatic carbocycles. The zero-order valence-electron chi connectivity index (χ0n) is 23.5. The second-order valence-electron chi connectivity index (χ2n) is 10.4. The lowest BCUT2D eigenvalue weighted by molar-refractivity contribution is -0.108. The molecule has 1 aliphatic heterocycles. The molecule has 0 radical (unpaired) electrons. The maximum atomic E-state index is 12.0. The number of anilines is 1. The quantitative estimate of drug-likeness (QED) is 0.120. The summed E-state index contributed by atoms with van der Waals surface area (Å²) in [6.07, 6.45) is 3.14. The highest BCUT2D eigenvalue weighted by atomic mass is 32.1. The number of hydrogen-bond donors (Lipinski definition) is 2. The first-order chi connectivity index (χ1) is 19.2. The van der Waals surface area contributed by atoms with Crippen LogP contribution in [-0.4, -0.2) is 54.6 Å². The number of hydrazine groups is 1. The monoisotopic (exact) mass is 600 g/mol. The van der Waals surface area contributed by atoms with Gasteiger partial charge in [-0.25, -0.2) is 14.8 Å². The van der Waals surface area contributed by atoms with E-state index >= 15 is 0 Å². The molecular formula is C27H36N6O4S2Si. The maximum absolute atomic E-state index is 12.0. The molecule has 0 spiro atoms. The van der Waals surface area contributed by atoms with Gasteiger partial charge in [0.15, 0.2) is 21.4 Å². The largest absolute Gasteiger partial charge is 0.461 e. The minimum Gasteiger partial charge on any atom is -0.461 e. The van der Waals surface area contributed by atoms with Crippen LogP contribution >= 0.6 is 22.7 Å². The summed E-state index contributed by atoms with van der Waals surface area (Å²) < 4.78 is 14.4. The van der Waals surface area contributed by atoms with E-state index in [2.05, 4.69) is 52.1 Å². The standard InChI is InChI=1S/C27H36N6O4S2Si/c1-6-37-25(35)20-17-38-26(28-20)29-23-16-19(2)24(33(31-23)12-9-13-34)30-27-32(18-36-14-15-40(3,4)5)21-10-7-8-11-22(21)39-27/h7-8,10-11,13,16-17,31H,6,9,12,14-15,18H2,1-5H3,(H,28,29). The van der Waals surface area contributed by atoms with E-state index in [0.29, 0.717) is 43.1 Å². The first-order valence-electron chi connectivity index (χ1n) is 13.2. The minimum atomic E-state index is -1.20. The first kappa shape index (κ1) is 29.7. The fraction of sp³-hybridized carbons (Fsp3) is 0.407. The molecule has 0 bridgehead atoms. The van der Waals surface area contributed by atoms with Gasteiger partial charge in [0.2, 0.25) is 0 Å². The summed E-state index contributed by atoms with van der Waals surface area (Å²) >= 11 is 2.91. The van der Waals surface area contributed by atoms with Crippen molar-refractivity contribution in [2.45, 2.75) is 52.7 Å². The third-order valence-electron chi connectivity index (χ3n) is 5.93. The Labute approximate surface area is 243 Å². The van der Waals surface area contributed by atoms with Crippen LogP contribution in [0.5, 0.6) is 0 Å². The number of carbonyl (C=O) groups excluding carboxylic acids is 2. The molecule has 13 heteroatoms. The predicted molar refractivity (Wildman–Crippen MR) is 162 cm³/mol. The molecule has 0 unspecified atom stereocenters. The van der Waals surface area contributed by atoms with Crippen molar-refractivity contribution in [2.24, 2.45) is 4.99 Å². The molecule has 3 aromatic rings. The van der Waals surface area contributed by atoms with E-state index in [1.165, 1.54) is 11.3 Å². The second kappa shape index (κ2) is 13.4. The number of allylic oxidation sites excluding steroid dienone is 2. The van der Waals surface area contributed by atoms with Crippen LogP contribution in [0.4, 0.5) is 5.13 Å². The number of benzene rings is 1. The molecule has 1 aromatic carbocycles. The fourth-order valence-electron chi connectivity index (χ4n) is 3.88. The van der Waals surface area contributed by atoms with Gasteiger partial charge in [0.05, 0.1) is 16.8 Å². The number of esters is 1. The van der Waals surface area contributed by atoms with Crippen LogP contribution in [-0.2, 0) is 21.0 Å². The van der Waals surface area contributed by atoms with Crippen LogP contribution in [0.15, 0.2) is 57.9 Å². The summed E-state index contributed by atoms with van der Waals surface area (Å²) in [5.41, 5.74) is 5.54. The number of carbonyl (C=O) groups is 2. The molecule has 1 aliphatic rings. The van der Waals surface area contributed by atoms with Crippen molar-refractivity contribution in [3.05, 3.63) is 63.4 Å². The van der Waals surface area contributed by atoms with E-state index in [4.69, 9.17) is 14.5 Å². The summed E-state index contributed by atoms with van der Waals surface area (Å²) in [4.78, 5) is 33.5. The van der Waals surface area contributed by atoms with Gasteiger partial charge in [-0.1, -0.05) is 43.1 Å². The zero-order chi connectivity index (χ0) is 28.7. The van der Waals surface area contributed by atoms with Crippen LogP contribution in [0.3, 0.4) is 0 Å². The van der Waals surface area contributed by atoms with Crippen molar-refractivity contribution in [1.29, 1.82) is 0 Å². The van der Waals surface area contributed by atoms with Gasteiger partial charge in [0.25, 0.3) is 0 Å². The van der Waals surface area contributed by atoms with Crippen molar-refractivity contribution < 1.29 is 19.1 Å². The molecular weight excluding hydrogens is 565 g/mol. The Morgan fingerprint density at radius 2 is 2.08 bits per heavy atom. The molecule has 214 valence electrons. The third-order valence-corrected chi connectivity index (χ3v) is 9.45. The number of nitrogens with one attached hydrogen (secondary N) is 2. The molecule has 10 nitrogen and oxygen atoms in total. The van der Waals surface area contributed by atoms with Crippen LogP contribution in [0.25, 0.3) is 10.2 Å². The van der Waals surface area contributed by atoms with Crippen molar-refractivity contribution in [1.82, 2.24) is 20.0 Å². The van der Waals surface area contributed by atoms with Gasteiger partial charge in [-0.2, -0.15) is 0 Å². The van der Waals surface area contributed by atoms with Gasteiger partial charge < -0.3 is 19.6 Å². The topological polar surface area (TPSA) is 110 Å². The summed E-state index contributed by atoms with van der Waals surface area (Å²) in [5.74, 6) is 0.912. The normalized spacial score (nSPS) is 14.4. The highest BCUT2D eigenvalue weighted by molar-refractivity contribution is 7.16. The zero-order valence-corrected chi connectivity index (χ0v) is 26.2. The lowest BCUT2D eigenvalue weighted by Gasteiger charge is -2.31. The van der Waals surface area contributed by atoms with Crippen LogP contribution in [0.2, 0.25) is 25.7 Å². The van der Waals surface area contributed by atoms with E-state index in [1.54, 1.807) is 23.6 Å². The lowest BCUT2D eigenvalue weighted by atomic mass is 10.2. The first-order valence-corrected chi connectivity index (χ1v) is 18.6. The van der Waals surface area contributed by atoms with Gasteiger partial charge in [0, 0.05) is 33.0 Å². The Morgan fingerprint density at radius 3 is 2.83 bits per heavy atom. The molecule has 40 heavy (non-hydrogen) atoms. The number of fused-ring (bicyclic) bond motifs is 1. The maximum Gasteiger partial charge on any atom is 0.357 e. The van der Waals surface area contributed by atoms with E-state index in [0.717, 1.165) is 32.9 Å². The number of aldehydes is 1. The summed E-state index contributed by atoms with van der Waals surface area (Å²) in [5, 5.41) is 7.28. The summed E-state index contributed by atoms with van der Waals surface area (Å²) in [6.45, 7) is 12.6. The van der Waals surface area contributed by atoms with Crippen molar-refractivity contribution in [3.63, 3.8) is 0 Å². The smallest absolute Gasteiger partial charge is 0.357 e. The van der Waals surface area contributed by atoms with E-state index in [-0.39, 0.29) is 12.3 Å². The van der Waals surface area contributed by atoms with Gasteiger partial charge in [-0.3, -0.25) is 15.0 Å². The molecule has 2 aromatic heterocycles. The Kier molecular flexibility index (Phi) is 9.95. The van der Waals surface area contributed by atoms with Crippen LogP contribution in [0.1, 0.15) is 30.8 Å². The SMILES string of the molecule is CCOC(=O)c1csc(NC2=CC(C)=C(N=c3sc4ccccc4n3COCC[Si](C)(C)C)N(CCC=O)N2)n1. The predicted octanol–water partition coefficient (Wildman–Crippen LogP) is 5.14. The molecule has 0 atom stereocenters. The number of hydrogen-bond acceptors (Lipinski definition) is 11. The average molecular weight is 601 g/mol. The number of para-hydroxylation sites is 1. The van der Waals surface area contributed by atoms with Crippen molar-refractivity contribution in [3.8, 4) is 0 Å². The average Bonchev–Trinajstić information content (AvgIpc) is 3.51. The summed E-state index contributed by atoms with van der Waals surface area (Å²) in [7, 11) is -1.20. The molecule has 3 heterocycles. The molecule has 0 amide bonds. The van der Waals surface area contributed by atoms with Crippen LogP contribution in [0, 0.1) is 0 Å². The fourth-order valence-corrected chi connectivity index (χ4v) is 6.35. The second-order valence-corrected chi connectivity index (χ2v) is 17.9. The summed E-state index contributed by atoms with van der Waals surface area (Å²) in [6, 6.07) is 9.30. The lowest BCUT2D eigenvalue weighted by Crippen LogP contribution is -2.42. The minimum absolute atomic E-state index is 0.257. The highest BCUT2D eigenvalue weighted by Crippen LogP contribution is 2.24. The Bertz CT molecular complexity index is 1480. The van der Waals surface area contributed by atoms with E-state index in [1.807, 2.05) is 30.1 Å². The molecule has 0 saturated carbocycles. The Morgan fingerprint density at radius 1 is 1.27 bits per heavy atom. The number of aromatic nitrogens is 2. The number of ether oxygens (including phenoxy) is 2. The van der Waals surface area contributed by atoms with E-state index in [9.17, 15) is 9.59 Å². The van der Waals surface area contributed by atoms with Crippen molar-refractivity contribution in [2.75, 3.05) is 25.1 Å². The van der Waals surface area contributed by atoms with Gasteiger partial charge in [-0.05, 0) is 43.7 Å². The number of thiazole rings is 2. The molecule has 0 saturated heterocycles. The number of nitrogens with zero attached hydrogens (tertiary/aromatic N) is 4. The highest BCUT2D eigenvalue weighted by Gasteiger charge is 2.21. The van der Waals surface area contributed by atoms with Crippen molar-refractivity contribution >= 4 is 58.4 Å². The third kappa shape index (κ3) is 7.68. The Hall–Kier alpha value is -3.26. The van der Waals surface area contributed by atoms with E-state index < -0.39 is 14.0 Å². The van der Waals surface area contributed by atoms with Crippen LogP contribution < -0.4 is 15.5 Å². The van der Waals surface area contributed by atoms with Gasteiger partial charge >= 0.3 is 5.97 Å². The molecule has 2 N–H and O–H groups in total. The Balaban J connectivity index is 1.65. The number of rotatable bonds is 13. The molecule has 0 fully saturated rings. The van der Waals surface area contributed by atoms with Gasteiger partial charge in [-0.15, -0.1) is 11.3 Å².